The zero-order valence-corrected chi connectivity index (χ0v) is 12.5. The molecular formula is C15H24N2O2. The van der Waals surface area contributed by atoms with Crippen LogP contribution in [0.3, 0.4) is 0 Å². The number of rotatable bonds is 6. The van der Waals surface area contributed by atoms with Crippen LogP contribution >= 0.6 is 0 Å². The molecule has 1 amide bonds. The smallest absolute Gasteiger partial charge is 0.240 e. The Morgan fingerprint density at radius 1 is 1.37 bits per heavy atom. The molecule has 0 spiro atoms. The number of hydrogen-bond acceptors (Lipinski definition) is 2. The van der Waals surface area contributed by atoms with E-state index in [9.17, 15) is 9.59 Å². The molecule has 1 N–H and O–H groups in total. The largest absolute Gasteiger partial charge is 0.350 e. The van der Waals surface area contributed by atoms with E-state index in [0.29, 0.717) is 5.56 Å². The lowest BCUT2D eigenvalue weighted by molar-refractivity contribution is -0.123. The number of nitrogens with one attached hydrogen (secondary N) is 1. The molecule has 1 heterocycles. The van der Waals surface area contributed by atoms with E-state index in [1.807, 2.05) is 34.6 Å². The third kappa shape index (κ3) is 4.54. The topological polar surface area (TPSA) is 51.1 Å². The van der Waals surface area contributed by atoms with Crippen molar-refractivity contribution < 1.29 is 9.59 Å². The van der Waals surface area contributed by atoms with Gasteiger partial charge < -0.3 is 9.88 Å². The Labute approximate surface area is 115 Å². The highest BCUT2D eigenvalue weighted by Gasteiger charge is 2.18. The van der Waals surface area contributed by atoms with Crippen LogP contribution in [0.5, 0.6) is 0 Å². The van der Waals surface area contributed by atoms with Gasteiger partial charge in [0.2, 0.25) is 5.91 Å². The molecule has 4 nitrogen and oxygen atoms in total. The van der Waals surface area contributed by atoms with Crippen molar-refractivity contribution in [2.75, 3.05) is 0 Å². The van der Waals surface area contributed by atoms with Crippen LogP contribution in [0.15, 0.2) is 18.5 Å². The number of nitrogens with zero attached hydrogens (tertiary/aromatic N) is 1. The van der Waals surface area contributed by atoms with Gasteiger partial charge in [0.15, 0.2) is 5.78 Å². The maximum absolute atomic E-state index is 11.9. The quantitative estimate of drug-likeness (QED) is 0.803. The molecule has 0 aliphatic heterocycles. The molecule has 0 radical (unpaired) electrons. The average Bonchev–Trinajstić information content (AvgIpc) is 2.75. The van der Waals surface area contributed by atoms with Crippen molar-refractivity contribution in [3.63, 3.8) is 0 Å². The van der Waals surface area contributed by atoms with E-state index in [0.717, 1.165) is 6.42 Å². The molecule has 4 heteroatoms. The van der Waals surface area contributed by atoms with Gasteiger partial charge in [-0.1, -0.05) is 20.8 Å². The second-order valence-electron chi connectivity index (χ2n) is 5.88. The van der Waals surface area contributed by atoms with E-state index >= 15 is 0 Å². The lowest BCUT2D eigenvalue weighted by Gasteiger charge is -2.24. The molecule has 0 atom stereocenters. The highest BCUT2D eigenvalue weighted by molar-refractivity contribution is 5.97. The van der Waals surface area contributed by atoms with Crippen molar-refractivity contribution in [2.45, 2.75) is 53.1 Å². The molecule has 0 bridgehead atoms. The summed E-state index contributed by atoms with van der Waals surface area (Å²) in [5.41, 5.74) is 0.471. The standard InChI is InChI=1S/C15H24N2O2/c1-6-15(4,5)16-13(18)10-17-8-7-12(9-17)14(19)11(2)3/h7-9,11H,6,10H2,1-5H3,(H,16,18). The maximum atomic E-state index is 11.9. The van der Waals surface area contributed by atoms with Crippen molar-refractivity contribution in [3.05, 3.63) is 24.0 Å². The summed E-state index contributed by atoms with van der Waals surface area (Å²) < 4.78 is 1.75. The number of hydrogen-bond donors (Lipinski definition) is 1. The van der Waals surface area contributed by atoms with Crippen molar-refractivity contribution in [2.24, 2.45) is 5.92 Å². The summed E-state index contributed by atoms with van der Waals surface area (Å²) in [5.74, 6) is 0.0442. The molecule has 19 heavy (non-hydrogen) atoms. The monoisotopic (exact) mass is 264 g/mol. The summed E-state index contributed by atoms with van der Waals surface area (Å²) in [7, 11) is 0. The van der Waals surface area contributed by atoms with Gasteiger partial charge in [-0.2, -0.15) is 0 Å². The van der Waals surface area contributed by atoms with Crippen molar-refractivity contribution in [1.29, 1.82) is 0 Å². The average molecular weight is 264 g/mol. The van der Waals surface area contributed by atoms with Crippen LogP contribution in [0.2, 0.25) is 0 Å². The van der Waals surface area contributed by atoms with E-state index in [2.05, 4.69) is 5.32 Å². The SMILES string of the molecule is CCC(C)(C)NC(=O)Cn1ccc(C(=O)C(C)C)c1. The molecule has 0 aliphatic rings. The predicted molar refractivity (Wildman–Crippen MR) is 76.1 cm³/mol. The highest BCUT2D eigenvalue weighted by atomic mass is 16.2. The molecule has 0 unspecified atom stereocenters. The molecule has 0 aromatic carbocycles. The number of Topliss-reactive ketones (excluding diaryl/α,β-unsaturated/α-hetero) is 1. The highest BCUT2D eigenvalue weighted by Crippen LogP contribution is 2.10. The van der Waals surface area contributed by atoms with E-state index in [-0.39, 0.29) is 29.7 Å². The first-order chi connectivity index (χ1) is 8.75. The van der Waals surface area contributed by atoms with Crippen LogP contribution in [0.4, 0.5) is 0 Å². The lowest BCUT2D eigenvalue weighted by atomic mass is 10.0. The summed E-state index contributed by atoms with van der Waals surface area (Å²) in [6.07, 6.45) is 4.39. The van der Waals surface area contributed by atoms with Gasteiger partial charge in [-0.3, -0.25) is 9.59 Å². The third-order valence-corrected chi connectivity index (χ3v) is 3.25. The summed E-state index contributed by atoms with van der Waals surface area (Å²) in [6.45, 7) is 10.0. The molecule has 0 aliphatic carbocycles. The Hall–Kier alpha value is -1.58. The fourth-order valence-corrected chi connectivity index (χ4v) is 1.69. The minimum Gasteiger partial charge on any atom is -0.350 e. The number of carbonyl (C=O) groups is 2. The summed E-state index contributed by atoms with van der Waals surface area (Å²) >= 11 is 0. The van der Waals surface area contributed by atoms with Crippen molar-refractivity contribution in [1.82, 2.24) is 9.88 Å². The molecule has 1 aromatic rings. The summed E-state index contributed by atoms with van der Waals surface area (Å²) in [5, 5.41) is 2.97. The minimum absolute atomic E-state index is 0.0244. The van der Waals surface area contributed by atoms with Crippen LogP contribution in [-0.4, -0.2) is 21.8 Å². The molecule has 106 valence electrons. The number of aromatic nitrogens is 1. The van der Waals surface area contributed by atoms with Crippen LogP contribution in [0.1, 0.15) is 51.4 Å². The maximum Gasteiger partial charge on any atom is 0.240 e. The Morgan fingerprint density at radius 2 is 2.00 bits per heavy atom. The van der Waals surface area contributed by atoms with E-state index in [1.165, 1.54) is 0 Å². The summed E-state index contributed by atoms with van der Waals surface area (Å²) in [6, 6.07) is 1.76. The molecule has 0 saturated heterocycles. The predicted octanol–water partition coefficient (Wildman–Crippen LogP) is 2.63. The van der Waals surface area contributed by atoms with Gasteiger partial charge in [0, 0.05) is 29.4 Å². The van der Waals surface area contributed by atoms with Gasteiger partial charge in [0.05, 0.1) is 0 Å². The number of carbonyl (C=O) groups excluding carboxylic acids is 2. The number of amides is 1. The first-order valence-electron chi connectivity index (χ1n) is 6.76. The van der Waals surface area contributed by atoms with Gasteiger partial charge >= 0.3 is 0 Å². The van der Waals surface area contributed by atoms with Crippen LogP contribution in [0, 0.1) is 5.92 Å². The first-order valence-corrected chi connectivity index (χ1v) is 6.76. The van der Waals surface area contributed by atoms with Crippen molar-refractivity contribution >= 4 is 11.7 Å². The zero-order chi connectivity index (χ0) is 14.6. The fraction of sp³-hybridized carbons (Fsp3) is 0.600. The molecule has 0 saturated carbocycles. The van der Waals surface area contributed by atoms with Gasteiger partial charge in [0.1, 0.15) is 6.54 Å². The first kappa shape index (κ1) is 15.5. The Balaban J connectivity index is 2.64. The van der Waals surface area contributed by atoms with Crippen LogP contribution < -0.4 is 5.32 Å². The van der Waals surface area contributed by atoms with Gasteiger partial charge in [-0.05, 0) is 26.3 Å². The minimum atomic E-state index is -0.194. The second kappa shape index (κ2) is 6.04. The molecule has 1 aromatic heterocycles. The number of ketones is 1. The second-order valence-corrected chi connectivity index (χ2v) is 5.88. The van der Waals surface area contributed by atoms with Crippen molar-refractivity contribution in [3.8, 4) is 0 Å². The lowest BCUT2D eigenvalue weighted by Crippen LogP contribution is -2.44. The van der Waals surface area contributed by atoms with E-state index in [1.54, 1.807) is 23.0 Å². The summed E-state index contributed by atoms with van der Waals surface area (Å²) in [4.78, 5) is 23.7. The fourth-order valence-electron chi connectivity index (χ4n) is 1.69. The van der Waals surface area contributed by atoms with E-state index < -0.39 is 0 Å². The normalized spacial score (nSPS) is 11.7. The van der Waals surface area contributed by atoms with Gasteiger partial charge in [-0.15, -0.1) is 0 Å². The molecular weight excluding hydrogens is 240 g/mol. The molecule has 0 fully saturated rings. The van der Waals surface area contributed by atoms with Crippen LogP contribution in [-0.2, 0) is 11.3 Å². The van der Waals surface area contributed by atoms with E-state index in [4.69, 9.17) is 0 Å². The molecule has 1 rings (SSSR count). The zero-order valence-electron chi connectivity index (χ0n) is 12.5. The Kier molecular flexibility index (Phi) is 4.92. The Bertz CT molecular complexity index is 458. The van der Waals surface area contributed by atoms with Crippen LogP contribution in [0.25, 0.3) is 0 Å². The van der Waals surface area contributed by atoms with Gasteiger partial charge in [0.25, 0.3) is 0 Å². The van der Waals surface area contributed by atoms with Gasteiger partial charge in [-0.25, -0.2) is 0 Å². The third-order valence-electron chi connectivity index (χ3n) is 3.25. The Morgan fingerprint density at radius 3 is 2.53 bits per heavy atom.